The van der Waals surface area contributed by atoms with Gasteiger partial charge in [0.1, 0.15) is 5.52 Å². The Balaban J connectivity index is 1.37. The lowest BCUT2D eigenvalue weighted by atomic mass is 9.96. The highest BCUT2D eigenvalue weighted by atomic mass is 16.4. The molecule has 7 nitrogen and oxygen atoms in total. The van der Waals surface area contributed by atoms with E-state index in [0.717, 1.165) is 11.1 Å². The van der Waals surface area contributed by atoms with Crippen molar-refractivity contribution in [3.63, 3.8) is 0 Å². The van der Waals surface area contributed by atoms with Gasteiger partial charge in [-0.3, -0.25) is 4.79 Å². The van der Waals surface area contributed by atoms with Crippen LogP contribution in [0.4, 0.5) is 11.7 Å². The number of rotatable bonds is 4. The van der Waals surface area contributed by atoms with Crippen molar-refractivity contribution < 1.29 is 19.1 Å². The normalized spacial score (nSPS) is 15.0. The molecule has 1 aliphatic rings. The van der Waals surface area contributed by atoms with E-state index in [1.54, 1.807) is 19.1 Å². The van der Waals surface area contributed by atoms with Crippen LogP contribution < -0.4 is 10.2 Å². The highest BCUT2D eigenvalue weighted by Crippen LogP contribution is 2.27. The van der Waals surface area contributed by atoms with Crippen molar-refractivity contribution in [2.45, 2.75) is 19.8 Å². The van der Waals surface area contributed by atoms with Crippen LogP contribution in [0.1, 0.15) is 28.8 Å². The number of oxazole rings is 1. The molecule has 2 aromatic carbocycles. The third-order valence-corrected chi connectivity index (χ3v) is 5.14. The summed E-state index contributed by atoms with van der Waals surface area (Å²) in [6.07, 6.45) is 1.41. The maximum Gasteiger partial charge on any atom is 0.335 e. The van der Waals surface area contributed by atoms with Gasteiger partial charge in [-0.15, -0.1) is 0 Å². The van der Waals surface area contributed by atoms with Crippen LogP contribution in [0.2, 0.25) is 0 Å². The van der Waals surface area contributed by atoms with Crippen LogP contribution in [0.15, 0.2) is 46.9 Å². The number of carboxylic acids is 1. The summed E-state index contributed by atoms with van der Waals surface area (Å²) in [5.74, 6) is -1.11. The number of aromatic nitrogens is 1. The summed E-state index contributed by atoms with van der Waals surface area (Å²) in [5.41, 5.74) is 3.07. The molecule has 1 aliphatic heterocycles. The molecule has 1 saturated heterocycles. The van der Waals surface area contributed by atoms with Crippen LogP contribution in [0.25, 0.3) is 11.1 Å². The largest absolute Gasteiger partial charge is 0.478 e. The average molecular weight is 379 g/mol. The van der Waals surface area contributed by atoms with E-state index in [9.17, 15) is 9.59 Å². The summed E-state index contributed by atoms with van der Waals surface area (Å²) in [6.45, 7) is 3.11. The van der Waals surface area contributed by atoms with Crippen molar-refractivity contribution in [3.05, 3.63) is 53.6 Å². The molecule has 0 spiro atoms. The quantitative estimate of drug-likeness (QED) is 0.718. The molecule has 1 amide bonds. The van der Waals surface area contributed by atoms with Crippen molar-refractivity contribution in [2.75, 3.05) is 23.3 Å². The molecule has 1 aromatic heterocycles. The second-order valence-corrected chi connectivity index (χ2v) is 7.05. The number of piperidine rings is 1. The molecule has 0 atom stereocenters. The van der Waals surface area contributed by atoms with Gasteiger partial charge in [0.25, 0.3) is 6.01 Å². The van der Waals surface area contributed by atoms with Gasteiger partial charge < -0.3 is 19.7 Å². The Morgan fingerprint density at radius 3 is 2.61 bits per heavy atom. The fourth-order valence-corrected chi connectivity index (χ4v) is 3.55. The third-order valence-electron chi connectivity index (χ3n) is 5.14. The SMILES string of the molecule is Cc1cc(NC(=O)C2CCN(c3nc4ccccc4o3)CC2)ccc1C(=O)O. The molecule has 144 valence electrons. The third kappa shape index (κ3) is 3.55. The first-order chi connectivity index (χ1) is 13.5. The zero-order chi connectivity index (χ0) is 19.7. The number of aromatic carboxylic acids is 1. The number of nitrogens with zero attached hydrogens (tertiary/aromatic N) is 2. The minimum Gasteiger partial charge on any atom is -0.478 e. The second kappa shape index (κ2) is 7.34. The van der Waals surface area contributed by atoms with E-state index in [2.05, 4.69) is 15.2 Å². The highest BCUT2D eigenvalue weighted by Gasteiger charge is 2.27. The summed E-state index contributed by atoms with van der Waals surface area (Å²) in [4.78, 5) is 30.3. The number of anilines is 2. The number of hydrogen-bond donors (Lipinski definition) is 2. The zero-order valence-electron chi connectivity index (χ0n) is 15.5. The second-order valence-electron chi connectivity index (χ2n) is 7.05. The number of amides is 1. The monoisotopic (exact) mass is 379 g/mol. The molecule has 1 fully saturated rings. The first-order valence-electron chi connectivity index (χ1n) is 9.26. The predicted molar refractivity (Wildman–Crippen MR) is 106 cm³/mol. The number of aryl methyl sites for hydroxylation is 1. The lowest BCUT2D eigenvalue weighted by Gasteiger charge is -2.30. The van der Waals surface area contributed by atoms with E-state index >= 15 is 0 Å². The smallest absolute Gasteiger partial charge is 0.335 e. The molecule has 0 aliphatic carbocycles. The Morgan fingerprint density at radius 2 is 1.93 bits per heavy atom. The number of hydrogen-bond acceptors (Lipinski definition) is 5. The van der Waals surface area contributed by atoms with Gasteiger partial charge >= 0.3 is 5.97 Å². The number of fused-ring (bicyclic) bond motifs is 1. The van der Waals surface area contributed by atoms with Crippen LogP contribution in [0, 0.1) is 12.8 Å². The maximum absolute atomic E-state index is 12.6. The van der Waals surface area contributed by atoms with Crippen molar-refractivity contribution in [2.24, 2.45) is 5.92 Å². The van der Waals surface area contributed by atoms with Gasteiger partial charge in [-0.2, -0.15) is 4.98 Å². The van der Waals surface area contributed by atoms with E-state index in [4.69, 9.17) is 9.52 Å². The molecule has 2 N–H and O–H groups in total. The Labute approximate surface area is 162 Å². The number of nitrogens with one attached hydrogen (secondary N) is 1. The predicted octanol–water partition coefficient (Wildman–Crippen LogP) is 3.69. The van der Waals surface area contributed by atoms with Gasteiger partial charge in [0.05, 0.1) is 5.56 Å². The van der Waals surface area contributed by atoms with Crippen LogP contribution in [-0.2, 0) is 4.79 Å². The van der Waals surface area contributed by atoms with Crippen LogP contribution >= 0.6 is 0 Å². The maximum atomic E-state index is 12.6. The van der Waals surface area contributed by atoms with Gasteiger partial charge in [-0.05, 0) is 55.7 Å². The van der Waals surface area contributed by atoms with Crippen molar-refractivity contribution >= 4 is 34.7 Å². The minimum atomic E-state index is -0.970. The molecule has 0 saturated carbocycles. The molecular weight excluding hydrogens is 358 g/mol. The molecular formula is C21H21N3O4. The fourth-order valence-electron chi connectivity index (χ4n) is 3.55. The molecule has 7 heteroatoms. The number of benzene rings is 2. The lowest BCUT2D eigenvalue weighted by Crippen LogP contribution is -2.38. The Morgan fingerprint density at radius 1 is 1.18 bits per heavy atom. The molecule has 0 bridgehead atoms. The number of carboxylic acid groups (broad SMARTS) is 1. The molecule has 28 heavy (non-hydrogen) atoms. The van der Waals surface area contributed by atoms with Gasteiger partial charge in [0.2, 0.25) is 5.91 Å². The van der Waals surface area contributed by atoms with Crippen molar-refractivity contribution in [1.29, 1.82) is 0 Å². The zero-order valence-corrected chi connectivity index (χ0v) is 15.5. The van der Waals surface area contributed by atoms with Crippen LogP contribution in [-0.4, -0.2) is 35.1 Å². The summed E-state index contributed by atoms with van der Waals surface area (Å²) in [6, 6.07) is 13.1. The number of carbonyl (C=O) groups is 2. The lowest BCUT2D eigenvalue weighted by molar-refractivity contribution is -0.120. The fraction of sp³-hybridized carbons (Fsp3) is 0.286. The van der Waals surface area contributed by atoms with Crippen LogP contribution in [0.5, 0.6) is 0 Å². The first-order valence-corrected chi connectivity index (χ1v) is 9.26. The summed E-state index contributed by atoms with van der Waals surface area (Å²) < 4.78 is 5.81. The minimum absolute atomic E-state index is 0.0420. The highest BCUT2D eigenvalue weighted by molar-refractivity contribution is 5.94. The summed E-state index contributed by atoms with van der Waals surface area (Å²) in [7, 11) is 0. The Kier molecular flexibility index (Phi) is 4.73. The molecule has 2 heterocycles. The molecule has 3 aromatic rings. The molecule has 0 unspecified atom stereocenters. The van der Waals surface area contributed by atoms with E-state index in [0.29, 0.717) is 43.2 Å². The van der Waals surface area contributed by atoms with Crippen molar-refractivity contribution in [3.8, 4) is 0 Å². The van der Waals surface area contributed by atoms with Gasteiger partial charge in [0.15, 0.2) is 5.58 Å². The van der Waals surface area contributed by atoms with Gasteiger partial charge in [-0.1, -0.05) is 12.1 Å². The Bertz CT molecular complexity index is 1000. The van der Waals surface area contributed by atoms with Crippen molar-refractivity contribution in [1.82, 2.24) is 4.98 Å². The Hall–Kier alpha value is -3.35. The average Bonchev–Trinajstić information content (AvgIpc) is 3.12. The summed E-state index contributed by atoms with van der Waals surface area (Å²) >= 11 is 0. The van der Waals surface area contributed by atoms with Crippen LogP contribution in [0.3, 0.4) is 0 Å². The number of carbonyl (C=O) groups excluding carboxylic acids is 1. The number of para-hydroxylation sites is 2. The van der Waals surface area contributed by atoms with E-state index in [1.807, 2.05) is 24.3 Å². The van der Waals surface area contributed by atoms with E-state index < -0.39 is 5.97 Å². The van der Waals surface area contributed by atoms with E-state index in [-0.39, 0.29) is 17.4 Å². The first kappa shape index (κ1) is 18.0. The van der Waals surface area contributed by atoms with E-state index in [1.165, 1.54) is 6.07 Å². The topological polar surface area (TPSA) is 95.7 Å². The van der Waals surface area contributed by atoms with Gasteiger partial charge in [-0.25, -0.2) is 4.79 Å². The molecule has 0 radical (unpaired) electrons. The summed E-state index contributed by atoms with van der Waals surface area (Å²) in [5, 5.41) is 12.0. The van der Waals surface area contributed by atoms with Gasteiger partial charge in [0, 0.05) is 24.7 Å². The standard InChI is InChI=1S/C21H21N3O4/c1-13-12-15(6-7-16(13)20(26)27)22-19(25)14-8-10-24(11-9-14)21-23-17-4-2-3-5-18(17)28-21/h2-7,12,14H,8-11H2,1H3,(H,22,25)(H,26,27). The molecule has 4 rings (SSSR count).